The molecule has 0 nitrogen and oxygen atoms in total. The maximum Gasteiger partial charge on any atom is -0.0198 e. The fourth-order valence-electron chi connectivity index (χ4n) is 1.67. The predicted octanol–water partition coefficient (Wildman–Crippen LogP) is 3.70. The average molecular weight is 150 g/mol. The molecule has 11 heavy (non-hydrogen) atoms. The van der Waals surface area contributed by atoms with Crippen LogP contribution in [0.4, 0.5) is 0 Å². The van der Waals surface area contributed by atoms with Crippen LogP contribution in [0.15, 0.2) is 24.3 Å². The molecule has 0 bridgehead atoms. The van der Waals surface area contributed by atoms with Crippen LogP contribution in [0.5, 0.6) is 0 Å². The molecule has 0 heteroatoms. The van der Waals surface area contributed by atoms with E-state index in [1.54, 1.807) is 5.57 Å². The van der Waals surface area contributed by atoms with Crippen LogP contribution >= 0.6 is 0 Å². The summed E-state index contributed by atoms with van der Waals surface area (Å²) in [5.41, 5.74) is 1.67. The van der Waals surface area contributed by atoms with E-state index >= 15 is 0 Å². The SMILES string of the molecule is C=CC1CC=C(CCC)CC1. The van der Waals surface area contributed by atoms with Crippen LogP contribution in [0.25, 0.3) is 0 Å². The molecule has 0 aromatic rings. The van der Waals surface area contributed by atoms with Crippen molar-refractivity contribution in [3.05, 3.63) is 24.3 Å². The Morgan fingerprint density at radius 1 is 1.73 bits per heavy atom. The van der Waals surface area contributed by atoms with Crippen LogP contribution in [0.1, 0.15) is 39.0 Å². The van der Waals surface area contributed by atoms with Crippen molar-refractivity contribution in [1.29, 1.82) is 0 Å². The Bertz CT molecular complexity index is 153. The van der Waals surface area contributed by atoms with E-state index in [2.05, 4.69) is 25.7 Å². The van der Waals surface area contributed by atoms with Gasteiger partial charge in [0.15, 0.2) is 0 Å². The Labute approximate surface area is 70.0 Å². The molecular weight excluding hydrogens is 132 g/mol. The number of hydrogen-bond donors (Lipinski definition) is 0. The minimum Gasteiger partial charge on any atom is -0.103 e. The second-order valence-electron chi connectivity index (χ2n) is 3.38. The lowest BCUT2D eigenvalue weighted by atomic mass is 9.88. The van der Waals surface area contributed by atoms with Gasteiger partial charge in [-0.3, -0.25) is 0 Å². The monoisotopic (exact) mass is 150 g/mol. The number of hydrogen-bond acceptors (Lipinski definition) is 0. The molecule has 0 saturated heterocycles. The van der Waals surface area contributed by atoms with Gasteiger partial charge in [0.05, 0.1) is 0 Å². The van der Waals surface area contributed by atoms with Gasteiger partial charge in [0, 0.05) is 0 Å². The highest BCUT2D eigenvalue weighted by Crippen LogP contribution is 2.26. The van der Waals surface area contributed by atoms with Crippen molar-refractivity contribution >= 4 is 0 Å². The van der Waals surface area contributed by atoms with Crippen LogP contribution in [-0.2, 0) is 0 Å². The molecule has 1 atom stereocenters. The van der Waals surface area contributed by atoms with Crippen molar-refractivity contribution in [2.45, 2.75) is 39.0 Å². The molecule has 0 radical (unpaired) electrons. The summed E-state index contributed by atoms with van der Waals surface area (Å²) in [4.78, 5) is 0. The summed E-state index contributed by atoms with van der Waals surface area (Å²) in [6.45, 7) is 6.08. The molecule has 1 aliphatic carbocycles. The van der Waals surface area contributed by atoms with Gasteiger partial charge in [-0.05, 0) is 31.6 Å². The van der Waals surface area contributed by atoms with Crippen molar-refractivity contribution in [2.24, 2.45) is 5.92 Å². The minimum atomic E-state index is 0.760. The van der Waals surface area contributed by atoms with Crippen LogP contribution in [-0.4, -0.2) is 0 Å². The fourth-order valence-corrected chi connectivity index (χ4v) is 1.67. The van der Waals surface area contributed by atoms with Gasteiger partial charge >= 0.3 is 0 Å². The van der Waals surface area contributed by atoms with Crippen molar-refractivity contribution < 1.29 is 0 Å². The lowest BCUT2D eigenvalue weighted by Crippen LogP contribution is -2.02. The maximum atomic E-state index is 3.83. The summed E-state index contributed by atoms with van der Waals surface area (Å²) < 4.78 is 0. The van der Waals surface area contributed by atoms with Gasteiger partial charge in [0.2, 0.25) is 0 Å². The molecular formula is C11H18. The number of rotatable bonds is 3. The average Bonchev–Trinajstić information content (AvgIpc) is 2.07. The largest absolute Gasteiger partial charge is 0.103 e. The van der Waals surface area contributed by atoms with E-state index in [1.807, 2.05) is 0 Å². The third-order valence-corrected chi connectivity index (χ3v) is 2.45. The van der Waals surface area contributed by atoms with Crippen LogP contribution in [0.2, 0.25) is 0 Å². The number of allylic oxidation sites excluding steroid dienone is 3. The van der Waals surface area contributed by atoms with Gasteiger partial charge in [-0.25, -0.2) is 0 Å². The summed E-state index contributed by atoms with van der Waals surface area (Å²) >= 11 is 0. The fraction of sp³-hybridized carbons (Fsp3) is 0.636. The second-order valence-corrected chi connectivity index (χ2v) is 3.38. The van der Waals surface area contributed by atoms with E-state index in [-0.39, 0.29) is 0 Å². The Hall–Kier alpha value is -0.520. The van der Waals surface area contributed by atoms with Crippen LogP contribution < -0.4 is 0 Å². The van der Waals surface area contributed by atoms with Gasteiger partial charge < -0.3 is 0 Å². The first-order chi connectivity index (χ1) is 5.36. The third kappa shape index (κ3) is 2.53. The zero-order chi connectivity index (χ0) is 8.10. The molecule has 0 N–H and O–H groups in total. The Balaban J connectivity index is 2.37. The summed E-state index contributed by atoms with van der Waals surface area (Å²) in [5, 5.41) is 0. The maximum absolute atomic E-state index is 3.83. The molecule has 0 saturated carbocycles. The minimum absolute atomic E-state index is 0.760. The standard InChI is InChI=1S/C11H18/c1-3-5-11-8-6-10(4-2)7-9-11/h4,8,10H,2-3,5-7,9H2,1H3. The van der Waals surface area contributed by atoms with Crippen LogP contribution in [0.3, 0.4) is 0 Å². The van der Waals surface area contributed by atoms with Crippen LogP contribution in [0, 0.1) is 5.92 Å². The smallest absolute Gasteiger partial charge is 0.0198 e. The topological polar surface area (TPSA) is 0 Å². The van der Waals surface area contributed by atoms with E-state index in [1.165, 1.54) is 32.1 Å². The Kier molecular flexibility index (Phi) is 3.41. The highest BCUT2D eigenvalue weighted by Gasteiger charge is 2.09. The van der Waals surface area contributed by atoms with Crippen molar-refractivity contribution in [3.63, 3.8) is 0 Å². The molecule has 0 aromatic heterocycles. The first kappa shape index (κ1) is 8.58. The Morgan fingerprint density at radius 2 is 2.55 bits per heavy atom. The second kappa shape index (κ2) is 4.38. The van der Waals surface area contributed by atoms with Crippen molar-refractivity contribution in [1.82, 2.24) is 0 Å². The molecule has 0 fully saturated rings. The molecule has 1 unspecified atom stereocenters. The van der Waals surface area contributed by atoms with E-state index in [4.69, 9.17) is 0 Å². The first-order valence-corrected chi connectivity index (χ1v) is 4.67. The lowest BCUT2D eigenvalue weighted by Gasteiger charge is -2.18. The predicted molar refractivity (Wildman–Crippen MR) is 50.5 cm³/mol. The molecule has 0 spiro atoms. The molecule has 0 aliphatic heterocycles. The summed E-state index contributed by atoms with van der Waals surface area (Å²) in [5.74, 6) is 0.760. The van der Waals surface area contributed by atoms with Crippen molar-refractivity contribution in [2.75, 3.05) is 0 Å². The van der Waals surface area contributed by atoms with Gasteiger partial charge in [-0.1, -0.05) is 31.1 Å². The van der Waals surface area contributed by atoms with E-state index in [0.29, 0.717) is 0 Å². The van der Waals surface area contributed by atoms with Gasteiger partial charge in [-0.15, -0.1) is 6.58 Å². The zero-order valence-electron chi connectivity index (χ0n) is 7.47. The summed E-state index contributed by atoms with van der Waals surface area (Å²) in [6.07, 6.45) is 11.0. The van der Waals surface area contributed by atoms with Gasteiger partial charge in [0.25, 0.3) is 0 Å². The third-order valence-electron chi connectivity index (χ3n) is 2.45. The quantitative estimate of drug-likeness (QED) is 0.538. The van der Waals surface area contributed by atoms with E-state index < -0.39 is 0 Å². The molecule has 62 valence electrons. The molecule has 0 heterocycles. The molecule has 0 amide bonds. The molecule has 0 aromatic carbocycles. The van der Waals surface area contributed by atoms with E-state index in [9.17, 15) is 0 Å². The zero-order valence-corrected chi connectivity index (χ0v) is 7.47. The molecule has 1 rings (SSSR count). The molecule has 1 aliphatic rings. The summed E-state index contributed by atoms with van der Waals surface area (Å²) in [7, 11) is 0. The first-order valence-electron chi connectivity index (χ1n) is 4.67. The van der Waals surface area contributed by atoms with Gasteiger partial charge in [0.1, 0.15) is 0 Å². The lowest BCUT2D eigenvalue weighted by molar-refractivity contribution is 0.555. The highest BCUT2D eigenvalue weighted by molar-refractivity contribution is 5.08. The van der Waals surface area contributed by atoms with Crippen molar-refractivity contribution in [3.8, 4) is 0 Å². The highest BCUT2D eigenvalue weighted by atomic mass is 14.1. The summed E-state index contributed by atoms with van der Waals surface area (Å²) in [6, 6.07) is 0. The van der Waals surface area contributed by atoms with E-state index in [0.717, 1.165) is 5.92 Å². The van der Waals surface area contributed by atoms with Gasteiger partial charge in [-0.2, -0.15) is 0 Å². The normalized spacial score (nSPS) is 24.5. The Morgan fingerprint density at radius 3 is 3.00 bits per heavy atom.